The van der Waals surface area contributed by atoms with Crippen molar-refractivity contribution in [2.75, 3.05) is 13.2 Å². The van der Waals surface area contributed by atoms with E-state index in [2.05, 4.69) is 77.3 Å². The Morgan fingerprint density at radius 3 is 1.91 bits per heavy atom. The van der Waals surface area contributed by atoms with Crippen LogP contribution in [0.2, 0.25) is 0 Å². The molecule has 0 unspecified atom stereocenters. The molecular weight excluding hydrogens is 280 g/mol. The Morgan fingerprint density at radius 2 is 1.39 bits per heavy atom. The number of hydrogen-bond acceptors (Lipinski definition) is 1. The first-order valence-electron chi connectivity index (χ1n) is 7.95. The van der Waals surface area contributed by atoms with Gasteiger partial charge in [-0.05, 0) is 61.1 Å². The van der Waals surface area contributed by atoms with E-state index in [1.165, 1.54) is 33.4 Å². The number of aryl methyl sites for hydroxylation is 1. The second-order valence-electron chi connectivity index (χ2n) is 5.60. The van der Waals surface area contributed by atoms with Crippen molar-refractivity contribution in [1.82, 2.24) is 0 Å². The number of ether oxygens (including phenoxy) is 1. The van der Waals surface area contributed by atoms with Gasteiger partial charge in [0.15, 0.2) is 0 Å². The van der Waals surface area contributed by atoms with Crippen LogP contribution in [0.4, 0.5) is 0 Å². The van der Waals surface area contributed by atoms with Crippen LogP contribution in [0.1, 0.15) is 22.3 Å². The van der Waals surface area contributed by atoms with Crippen LogP contribution < -0.4 is 0 Å². The van der Waals surface area contributed by atoms with Crippen LogP contribution in [0, 0.1) is 27.7 Å². The lowest BCUT2D eigenvalue weighted by atomic mass is 9.91. The van der Waals surface area contributed by atoms with Gasteiger partial charge in [0.1, 0.15) is 0 Å². The minimum atomic E-state index is 0.617. The van der Waals surface area contributed by atoms with E-state index in [0.717, 1.165) is 0 Å². The number of rotatable bonds is 5. The zero-order valence-electron chi connectivity index (χ0n) is 14.9. The maximum atomic E-state index is 4.90. The van der Waals surface area contributed by atoms with Crippen molar-refractivity contribution in [3.63, 3.8) is 0 Å². The predicted molar refractivity (Wildman–Crippen MR) is 102 cm³/mol. The molecule has 2 aromatic rings. The Labute approximate surface area is 141 Å². The van der Waals surface area contributed by atoms with Crippen molar-refractivity contribution < 1.29 is 4.74 Å². The predicted octanol–water partition coefficient (Wildman–Crippen LogP) is 5.96. The highest BCUT2D eigenvalue weighted by atomic mass is 16.5. The average Bonchev–Trinajstić information content (AvgIpc) is 2.58. The van der Waals surface area contributed by atoms with Gasteiger partial charge in [0, 0.05) is 0 Å². The summed E-state index contributed by atoms with van der Waals surface area (Å²) in [5.74, 6) is 0. The van der Waals surface area contributed by atoms with Gasteiger partial charge in [0.2, 0.25) is 0 Å². The third-order valence-electron chi connectivity index (χ3n) is 4.04. The highest BCUT2D eigenvalue weighted by Crippen LogP contribution is 2.29. The summed E-state index contributed by atoms with van der Waals surface area (Å²) in [6.45, 7) is 17.0. The van der Waals surface area contributed by atoms with Crippen molar-refractivity contribution in [1.29, 1.82) is 0 Å². The van der Waals surface area contributed by atoms with Crippen LogP contribution in [-0.2, 0) is 4.74 Å². The molecule has 0 bridgehead atoms. The molecule has 1 nitrogen and oxygen atoms in total. The largest absolute Gasteiger partial charge is 0.373 e. The van der Waals surface area contributed by atoms with Gasteiger partial charge in [-0.2, -0.15) is 0 Å². The first kappa shape index (κ1) is 18.9. The van der Waals surface area contributed by atoms with Crippen molar-refractivity contribution in [2.45, 2.75) is 27.7 Å². The van der Waals surface area contributed by atoms with E-state index >= 15 is 0 Å². The van der Waals surface area contributed by atoms with Crippen LogP contribution in [0.25, 0.3) is 11.1 Å². The van der Waals surface area contributed by atoms with Gasteiger partial charge in [-0.1, -0.05) is 48.6 Å². The van der Waals surface area contributed by atoms with E-state index in [1.54, 1.807) is 12.2 Å². The minimum absolute atomic E-state index is 0.617. The lowest BCUT2D eigenvalue weighted by molar-refractivity contribution is 0.194. The molecule has 0 aliphatic rings. The SMILES string of the molecule is C=CCOCC=C.Cc1cc(-c2ccccc2)c(C)c(C)c1C. The Hall–Kier alpha value is -2.12. The molecule has 2 rings (SSSR count). The van der Waals surface area contributed by atoms with E-state index in [0.29, 0.717) is 13.2 Å². The van der Waals surface area contributed by atoms with Crippen LogP contribution >= 0.6 is 0 Å². The summed E-state index contributed by atoms with van der Waals surface area (Å²) in [5.41, 5.74) is 8.28. The summed E-state index contributed by atoms with van der Waals surface area (Å²) in [5, 5.41) is 0. The van der Waals surface area contributed by atoms with Crippen LogP contribution in [0.15, 0.2) is 61.7 Å². The zero-order chi connectivity index (χ0) is 17.2. The van der Waals surface area contributed by atoms with Gasteiger partial charge in [-0.25, -0.2) is 0 Å². The van der Waals surface area contributed by atoms with Gasteiger partial charge in [0.25, 0.3) is 0 Å². The van der Waals surface area contributed by atoms with Gasteiger partial charge in [0.05, 0.1) is 13.2 Å². The normalized spacial score (nSPS) is 9.74. The molecule has 0 aromatic heterocycles. The molecule has 1 heteroatoms. The Morgan fingerprint density at radius 1 is 0.826 bits per heavy atom. The topological polar surface area (TPSA) is 9.23 Å². The first-order valence-corrected chi connectivity index (χ1v) is 7.95. The lowest BCUT2D eigenvalue weighted by Crippen LogP contribution is -1.94. The third-order valence-corrected chi connectivity index (χ3v) is 4.04. The summed E-state index contributed by atoms with van der Waals surface area (Å²) >= 11 is 0. The molecule has 122 valence electrons. The Balaban J connectivity index is 0.000000322. The monoisotopic (exact) mass is 308 g/mol. The van der Waals surface area contributed by atoms with Crippen LogP contribution in [0.5, 0.6) is 0 Å². The van der Waals surface area contributed by atoms with Gasteiger partial charge in [-0.3, -0.25) is 0 Å². The molecule has 0 N–H and O–H groups in total. The van der Waals surface area contributed by atoms with E-state index < -0.39 is 0 Å². The van der Waals surface area contributed by atoms with Crippen LogP contribution in [0.3, 0.4) is 0 Å². The van der Waals surface area contributed by atoms with E-state index in [-0.39, 0.29) is 0 Å². The molecule has 0 aliphatic heterocycles. The Bertz CT molecular complexity index is 631. The number of hydrogen-bond donors (Lipinski definition) is 0. The number of benzene rings is 2. The molecule has 0 amide bonds. The first-order chi connectivity index (χ1) is 11.0. The smallest absolute Gasteiger partial charge is 0.0649 e. The van der Waals surface area contributed by atoms with Crippen LogP contribution in [-0.4, -0.2) is 13.2 Å². The van der Waals surface area contributed by atoms with E-state index in [9.17, 15) is 0 Å². The van der Waals surface area contributed by atoms with Crippen molar-refractivity contribution >= 4 is 0 Å². The van der Waals surface area contributed by atoms with E-state index in [4.69, 9.17) is 4.74 Å². The molecule has 0 radical (unpaired) electrons. The van der Waals surface area contributed by atoms with E-state index in [1.807, 2.05) is 0 Å². The maximum absolute atomic E-state index is 4.90. The quantitative estimate of drug-likeness (QED) is 0.489. The van der Waals surface area contributed by atoms with Gasteiger partial charge < -0.3 is 4.74 Å². The molecular formula is C22H28O. The second-order valence-corrected chi connectivity index (χ2v) is 5.60. The molecule has 0 fully saturated rings. The molecule has 0 heterocycles. The van der Waals surface area contributed by atoms with Crippen molar-refractivity contribution in [3.05, 3.63) is 84.0 Å². The van der Waals surface area contributed by atoms with Crippen molar-refractivity contribution in [3.8, 4) is 11.1 Å². The zero-order valence-corrected chi connectivity index (χ0v) is 14.9. The third kappa shape index (κ3) is 5.54. The summed E-state index contributed by atoms with van der Waals surface area (Å²) in [6, 6.07) is 12.9. The molecule has 0 aliphatic carbocycles. The highest BCUT2D eigenvalue weighted by Gasteiger charge is 2.08. The molecule has 0 saturated heterocycles. The fourth-order valence-corrected chi connectivity index (χ4v) is 2.36. The summed E-state index contributed by atoms with van der Waals surface area (Å²) < 4.78 is 4.90. The minimum Gasteiger partial charge on any atom is -0.373 e. The molecule has 23 heavy (non-hydrogen) atoms. The fraction of sp³-hybridized carbons (Fsp3) is 0.273. The average molecular weight is 308 g/mol. The summed E-state index contributed by atoms with van der Waals surface area (Å²) in [6.07, 6.45) is 3.42. The summed E-state index contributed by atoms with van der Waals surface area (Å²) in [4.78, 5) is 0. The molecule has 2 aromatic carbocycles. The summed E-state index contributed by atoms with van der Waals surface area (Å²) in [7, 11) is 0. The fourth-order valence-electron chi connectivity index (χ4n) is 2.36. The lowest BCUT2D eigenvalue weighted by Gasteiger charge is -2.14. The molecule has 0 saturated carbocycles. The second kappa shape index (κ2) is 9.81. The molecule has 0 atom stereocenters. The molecule has 0 spiro atoms. The standard InChI is InChI=1S/C16H18.C6H10O/c1-11-10-16(14(4)13(3)12(11)2)15-8-6-5-7-9-15;1-3-5-7-6-4-2/h5-10H,1-4H3;3-4H,1-2,5-6H2. The van der Waals surface area contributed by atoms with Crippen molar-refractivity contribution in [2.24, 2.45) is 0 Å². The van der Waals surface area contributed by atoms with Gasteiger partial charge >= 0.3 is 0 Å². The Kier molecular flexibility index (Phi) is 8.07. The maximum Gasteiger partial charge on any atom is 0.0649 e. The van der Waals surface area contributed by atoms with Gasteiger partial charge in [-0.15, -0.1) is 13.2 Å². The highest BCUT2D eigenvalue weighted by molar-refractivity contribution is 5.70.